The first-order chi connectivity index (χ1) is 20.8. The average Bonchev–Trinajstić information content (AvgIpc) is 3.63. The topological polar surface area (TPSA) is 111 Å². The zero-order valence-corrected chi connectivity index (χ0v) is 28.3. The highest BCUT2D eigenvalue weighted by atomic mass is 19.1. The molecule has 2 aromatic rings. The van der Waals surface area contributed by atoms with Gasteiger partial charge in [-0.2, -0.15) is 5.10 Å². The van der Waals surface area contributed by atoms with Gasteiger partial charge in [-0.1, -0.05) is 39.8 Å². The number of rotatable bonds is 11. The lowest BCUT2D eigenvalue weighted by atomic mass is 9.77. The second-order valence-electron chi connectivity index (χ2n) is 13.5. The van der Waals surface area contributed by atoms with Gasteiger partial charge >= 0.3 is 0 Å². The molecule has 1 saturated carbocycles. The molecule has 0 bridgehead atoms. The van der Waals surface area contributed by atoms with Gasteiger partial charge in [-0.05, 0) is 95.6 Å². The Hall–Kier alpha value is -3.23. The number of hydrogen-bond donors (Lipinski definition) is 4. The van der Waals surface area contributed by atoms with Crippen LogP contribution in [0.1, 0.15) is 117 Å². The summed E-state index contributed by atoms with van der Waals surface area (Å²) in [6.07, 6.45) is 9.03. The van der Waals surface area contributed by atoms with Crippen molar-refractivity contribution in [1.29, 1.82) is 5.41 Å². The number of halogens is 1. The van der Waals surface area contributed by atoms with E-state index in [1.165, 1.54) is 5.57 Å². The lowest BCUT2D eigenvalue weighted by molar-refractivity contribution is -0.127. The third-order valence-corrected chi connectivity index (χ3v) is 9.28. The predicted molar refractivity (Wildman–Crippen MR) is 178 cm³/mol. The van der Waals surface area contributed by atoms with Crippen LogP contribution in [0.25, 0.3) is 5.70 Å². The van der Waals surface area contributed by atoms with Crippen molar-refractivity contribution in [3.8, 4) is 0 Å². The molecular weight excluding hydrogens is 553 g/mol. The van der Waals surface area contributed by atoms with E-state index in [1.807, 2.05) is 23.9 Å². The number of nitrogens with one attached hydrogen (secondary N) is 4. The Bertz CT molecular complexity index is 1290. The highest BCUT2D eigenvalue weighted by molar-refractivity contribution is 6.01. The molecule has 44 heavy (non-hydrogen) atoms. The molecule has 2 aliphatic rings. The fourth-order valence-corrected chi connectivity index (χ4v) is 6.64. The molecule has 9 heteroatoms. The summed E-state index contributed by atoms with van der Waals surface area (Å²) in [5, 5.41) is 19.2. The molecule has 4 N–H and O–H groups in total. The Labute approximate surface area is 264 Å². The highest BCUT2D eigenvalue weighted by Gasteiger charge is 2.36. The van der Waals surface area contributed by atoms with Crippen molar-refractivity contribution in [2.75, 3.05) is 6.54 Å². The molecule has 2 fully saturated rings. The zero-order chi connectivity index (χ0) is 32.6. The zero-order valence-electron chi connectivity index (χ0n) is 28.3. The van der Waals surface area contributed by atoms with Crippen molar-refractivity contribution in [3.63, 3.8) is 0 Å². The van der Waals surface area contributed by atoms with Gasteiger partial charge in [-0.3, -0.25) is 9.48 Å². The van der Waals surface area contributed by atoms with E-state index < -0.39 is 5.67 Å². The fraction of sp³-hybridized carbons (Fsp3) is 0.657. The minimum Gasteiger partial charge on any atom is -0.375 e. The van der Waals surface area contributed by atoms with E-state index in [0.717, 1.165) is 67.3 Å². The lowest BCUT2D eigenvalue weighted by Crippen LogP contribution is -2.41. The molecular formula is C35H56FN7O. The third kappa shape index (κ3) is 9.38. The first-order valence-corrected chi connectivity index (χ1v) is 16.5. The Morgan fingerprint density at radius 2 is 1.98 bits per heavy atom. The second-order valence-corrected chi connectivity index (χ2v) is 13.5. The van der Waals surface area contributed by atoms with Crippen molar-refractivity contribution in [2.24, 2.45) is 23.7 Å². The standard InChI is InChI=1S/C19H28FN5.C16H28N2O/c1-5-25-17(8-11-22-25)13(2)23-18(16-12-21-14(3)24-16)15-6-9-19(4,20)10-7-15;1-6-12(5)15(10(2)3)14(17)8-13-7-11(4)9-18-16(13)19/h8,11-12,15,18,23H,2,5-7,9-10H2,1,3-4H3,(H,21,24);10-11,13,17H,6-9H2,1-5H3,(H,18,19). The van der Waals surface area contributed by atoms with Crippen molar-refractivity contribution in [1.82, 2.24) is 30.4 Å². The molecule has 3 heterocycles. The number of aromatic amines is 1. The molecule has 1 saturated heterocycles. The number of allylic oxidation sites excluding steroid dienone is 2. The number of imidazole rings is 1. The molecule has 3 atom stereocenters. The van der Waals surface area contributed by atoms with Gasteiger partial charge in [0.1, 0.15) is 11.5 Å². The van der Waals surface area contributed by atoms with Crippen molar-refractivity contribution >= 4 is 17.3 Å². The number of carbonyl (C=O) groups excluding carboxylic acids is 1. The third-order valence-electron chi connectivity index (χ3n) is 9.28. The number of aromatic nitrogens is 4. The number of aryl methyl sites for hydroxylation is 2. The summed E-state index contributed by atoms with van der Waals surface area (Å²) < 4.78 is 16.1. The minimum absolute atomic E-state index is 0.0188. The Kier molecular flexibility index (Phi) is 12.6. The van der Waals surface area contributed by atoms with Gasteiger partial charge < -0.3 is 21.0 Å². The average molecular weight is 610 g/mol. The van der Waals surface area contributed by atoms with Gasteiger partial charge in [0.05, 0.1) is 29.3 Å². The van der Waals surface area contributed by atoms with Gasteiger partial charge in [-0.25, -0.2) is 9.37 Å². The van der Waals surface area contributed by atoms with Gasteiger partial charge in [0.2, 0.25) is 5.91 Å². The molecule has 1 amide bonds. The van der Waals surface area contributed by atoms with Crippen LogP contribution in [0.2, 0.25) is 0 Å². The number of amides is 1. The summed E-state index contributed by atoms with van der Waals surface area (Å²) in [4.78, 5) is 19.6. The SMILES string of the molecule is C=C(NC(c1cnc(C)[nH]1)C1CCC(C)(F)CC1)c1ccnn1CC.CCC(C)=C(C(=N)CC1CC(C)CNC1=O)C(C)C. The van der Waals surface area contributed by atoms with E-state index in [4.69, 9.17) is 5.41 Å². The molecule has 2 aromatic heterocycles. The van der Waals surface area contributed by atoms with Gasteiger partial charge in [0.15, 0.2) is 0 Å². The summed E-state index contributed by atoms with van der Waals surface area (Å²) >= 11 is 0. The maximum atomic E-state index is 14.2. The lowest BCUT2D eigenvalue weighted by Gasteiger charge is -2.36. The summed E-state index contributed by atoms with van der Waals surface area (Å²) in [6.45, 7) is 22.2. The quantitative estimate of drug-likeness (QED) is 0.196. The van der Waals surface area contributed by atoms with Crippen LogP contribution in [0, 0.1) is 36.0 Å². The van der Waals surface area contributed by atoms with E-state index in [-0.39, 0.29) is 17.9 Å². The Morgan fingerprint density at radius 3 is 2.55 bits per heavy atom. The number of H-pyrrole nitrogens is 1. The summed E-state index contributed by atoms with van der Waals surface area (Å²) in [7, 11) is 0. The van der Waals surface area contributed by atoms with Crippen LogP contribution in [0.3, 0.4) is 0 Å². The molecule has 8 nitrogen and oxygen atoms in total. The van der Waals surface area contributed by atoms with Gasteiger partial charge in [0, 0.05) is 37.3 Å². The Balaban J connectivity index is 0.000000251. The van der Waals surface area contributed by atoms with Gasteiger partial charge in [0.25, 0.3) is 0 Å². The van der Waals surface area contributed by atoms with Crippen molar-refractivity contribution in [3.05, 3.63) is 53.4 Å². The normalized spacial score (nSPS) is 25.0. The Morgan fingerprint density at radius 1 is 1.30 bits per heavy atom. The maximum absolute atomic E-state index is 14.2. The monoisotopic (exact) mass is 609 g/mol. The van der Waals surface area contributed by atoms with Crippen LogP contribution in [-0.4, -0.2) is 43.6 Å². The fourth-order valence-electron chi connectivity index (χ4n) is 6.64. The molecule has 4 rings (SSSR count). The van der Waals surface area contributed by atoms with E-state index in [1.54, 1.807) is 13.1 Å². The van der Waals surface area contributed by atoms with Crippen LogP contribution in [-0.2, 0) is 11.3 Å². The van der Waals surface area contributed by atoms with Crippen molar-refractivity contribution < 1.29 is 9.18 Å². The highest BCUT2D eigenvalue weighted by Crippen LogP contribution is 2.40. The van der Waals surface area contributed by atoms with Crippen LogP contribution in [0.5, 0.6) is 0 Å². The summed E-state index contributed by atoms with van der Waals surface area (Å²) in [6, 6.07) is 2.01. The molecule has 1 aliphatic carbocycles. The second kappa shape index (κ2) is 15.7. The molecule has 0 aromatic carbocycles. The summed E-state index contributed by atoms with van der Waals surface area (Å²) in [5.41, 5.74) is 4.90. The number of nitrogens with zero attached hydrogens (tertiary/aromatic N) is 3. The number of piperidine rings is 1. The molecule has 1 aliphatic heterocycles. The van der Waals surface area contributed by atoms with Crippen LogP contribution >= 0.6 is 0 Å². The van der Waals surface area contributed by atoms with Gasteiger partial charge in [-0.15, -0.1) is 0 Å². The number of alkyl halides is 1. The molecule has 0 radical (unpaired) electrons. The van der Waals surface area contributed by atoms with E-state index >= 15 is 0 Å². The molecule has 0 spiro atoms. The van der Waals surface area contributed by atoms with E-state index in [2.05, 4.69) is 73.8 Å². The van der Waals surface area contributed by atoms with Crippen LogP contribution < -0.4 is 10.6 Å². The molecule has 244 valence electrons. The summed E-state index contributed by atoms with van der Waals surface area (Å²) in [5.74, 6) is 2.22. The minimum atomic E-state index is -1.04. The maximum Gasteiger partial charge on any atom is 0.223 e. The van der Waals surface area contributed by atoms with Crippen molar-refractivity contribution in [2.45, 2.75) is 119 Å². The largest absolute Gasteiger partial charge is 0.375 e. The number of carbonyl (C=O) groups is 1. The predicted octanol–water partition coefficient (Wildman–Crippen LogP) is 7.71. The molecule has 3 unspecified atom stereocenters. The van der Waals surface area contributed by atoms with E-state index in [0.29, 0.717) is 42.7 Å². The van der Waals surface area contributed by atoms with Crippen LogP contribution in [0.15, 0.2) is 36.2 Å². The van der Waals surface area contributed by atoms with Crippen LogP contribution in [0.4, 0.5) is 4.39 Å². The number of hydrogen-bond acceptors (Lipinski definition) is 5. The smallest absolute Gasteiger partial charge is 0.223 e. The van der Waals surface area contributed by atoms with E-state index in [9.17, 15) is 9.18 Å². The first-order valence-electron chi connectivity index (χ1n) is 16.5. The first kappa shape index (κ1) is 35.3.